The smallest absolute Gasteiger partial charge is 0.226 e. The second-order valence-corrected chi connectivity index (χ2v) is 4.75. The third kappa shape index (κ3) is 2.23. The molecule has 1 amide bonds. The van der Waals surface area contributed by atoms with E-state index in [-0.39, 0.29) is 11.9 Å². The van der Waals surface area contributed by atoms with E-state index in [4.69, 9.17) is 4.74 Å². The topological polar surface area (TPSA) is 67.3 Å². The van der Waals surface area contributed by atoms with Gasteiger partial charge in [0.2, 0.25) is 17.7 Å². The Morgan fingerprint density at radius 1 is 1.50 bits per heavy atom. The molecule has 2 heterocycles. The highest BCUT2D eigenvalue weighted by Gasteiger charge is 2.39. The number of rotatable bonds is 4. The van der Waals surface area contributed by atoms with E-state index in [0.717, 1.165) is 19.4 Å². The van der Waals surface area contributed by atoms with E-state index in [2.05, 4.69) is 15.3 Å². The van der Waals surface area contributed by atoms with Crippen molar-refractivity contribution in [3.8, 4) is 5.88 Å². The van der Waals surface area contributed by atoms with Gasteiger partial charge in [-0.25, -0.2) is 4.98 Å². The first-order valence-corrected chi connectivity index (χ1v) is 6.19. The molecule has 3 rings (SSSR count). The Morgan fingerprint density at radius 2 is 2.33 bits per heavy atom. The molecule has 0 spiro atoms. The van der Waals surface area contributed by atoms with Gasteiger partial charge in [0.1, 0.15) is 0 Å². The van der Waals surface area contributed by atoms with E-state index in [1.54, 1.807) is 19.4 Å². The van der Waals surface area contributed by atoms with E-state index in [1.807, 2.05) is 4.90 Å². The third-order valence-electron chi connectivity index (χ3n) is 3.32. The summed E-state index contributed by atoms with van der Waals surface area (Å²) in [5.41, 5.74) is 0. The summed E-state index contributed by atoms with van der Waals surface area (Å²) >= 11 is 0. The molecule has 1 aromatic heterocycles. The van der Waals surface area contributed by atoms with Crippen LogP contribution in [0.4, 0.5) is 5.95 Å². The van der Waals surface area contributed by atoms with Gasteiger partial charge in [0.15, 0.2) is 0 Å². The zero-order valence-corrected chi connectivity index (χ0v) is 10.3. The number of nitrogens with one attached hydrogen (secondary N) is 1. The van der Waals surface area contributed by atoms with Crippen LogP contribution in [0.25, 0.3) is 0 Å². The van der Waals surface area contributed by atoms with E-state index in [9.17, 15) is 4.79 Å². The number of likely N-dealkylation sites (tertiary alicyclic amines) is 1. The molecular formula is C12H16N4O2. The van der Waals surface area contributed by atoms with E-state index in [0.29, 0.717) is 24.3 Å². The molecule has 2 fully saturated rings. The fourth-order valence-corrected chi connectivity index (χ4v) is 2.28. The number of ether oxygens (including phenoxy) is 1. The van der Waals surface area contributed by atoms with Crippen molar-refractivity contribution in [3.63, 3.8) is 0 Å². The van der Waals surface area contributed by atoms with Gasteiger partial charge in [0.25, 0.3) is 0 Å². The first-order chi connectivity index (χ1) is 8.76. The molecule has 18 heavy (non-hydrogen) atoms. The summed E-state index contributed by atoms with van der Waals surface area (Å²) in [5.74, 6) is 1.28. The normalized spacial score (nSPS) is 23.3. The number of methoxy groups -OCH3 is 1. The van der Waals surface area contributed by atoms with Crippen molar-refractivity contribution in [1.82, 2.24) is 14.9 Å². The summed E-state index contributed by atoms with van der Waals surface area (Å²) in [6.45, 7) is 0.754. The summed E-state index contributed by atoms with van der Waals surface area (Å²) < 4.78 is 5.04. The maximum Gasteiger partial charge on any atom is 0.226 e. The van der Waals surface area contributed by atoms with Crippen LogP contribution in [0.2, 0.25) is 0 Å². The van der Waals surface area contributed by atoms with Gasteiger partial charge in [-0.05, 0) is 12.8 Å². The lowest BCUT2D eigenvalue weighted by Gasteiger charge is -2.16. The molecule has 1 aromatic rings. The van der Waals surface area contributed by atoms with Gasteiger partial charge >= 0.3 is 0 Å². The summed E-state index contributed by atoms with van der Waals surface area (Å²) in [6, 6.07) is 2.28. The minimum atomic E-state index is 0.102. The Morgan fingerprint density at radius 3 is 3.06 bits per heavy atom. The highest BCUT2D eigenvalue weighted by Crippen LogP contribution is 2.31. The number of nitrogens with zero attached hydrogens (tertiary/aromatic N) is 3. The molecule has 0 aromatic carbocycles. The molecule has 1 unspecified atom stereocenters. The summed E-state index contributed by atoms with van der Waals surface area (Å²) in [6.07, 6.45) is 4.46. The van der Waals surface area contributed by atoms with Crippen LogP contribution >= 0.6 is 0 Å². The van der Waals surface area contributed by atoms with Gasteiger partial charge in [-0.1, -0.05) is 0 Å². The van der Waals surface area contributed by atoms with Crippen molar-refractivity contribution in [2.75, 3.05) is 19.0 Å². The Balaban J connectivity index is 1.64. The lowest BCUT2D eigenvalue weighted by Crippen LogP contribution is -2.30. The number of carbonyl (C=O) groups excluding carboxylic acids is 1. The van der Waals surface area contributed by atoms with Crippen molar-refractivity contribution < 1.29 is 9.53 Å². The molecular weight excluding hydrogens is 232 g/mol. The molecule has 2 aliphatic rings. The van der Waals surface area contributed by atoms with Gasteiger partial charge in [-0.15, -0.1) is 0 Å². The first-order valence-electron chi connectivity index (χ1n) is 6.19. The minimum Gasteiger partial charge on any atom is -0.481 e. The molecule has 1 aliphatic carbocycles. The van der Waals surface area contributed by atoms with Gasteiger partial charge in [0.05, 0.1) is 13.2 Å². The Kier molecular flexibility index (Phi) is 2.77. The fourth-order valence-electron chi connectivity index (χ4n) is 2.28. The molecule has 96 valence electrons. The number of aromatic nitrogens is 2. The van der Waals surface area contributed by atoms with Crippen LogP contribution in [0, 0.1) is 0 Å². The van der Waals surface area contributed by atoms with Gasteiger partial charge in [-0.3, -0.25) is 4.79 Å². The summed E-state index contributed by atoms with van der Waals surface area (Å²) in [5, 5.41) is 3.19. The van der Waals surface area contributed by atoms with E-state index < -0.39 is 0 Å². The molecule has 1 saturated heterocycles. The third-order valence-corrected chi connectivity index (χ3v) is 3.32. The van der Waals surface area contributed by atoms with Crippen LogP contribution < -0.4 is 10.1 Å². The molecule has 0 bridgehead atoms. The second kappa shape index (κ2) is 4.44. The van der Waals surface area contributed by atoms with E-state index in [1.165, 1.54) is 0 Å². The zero-order chi connectivity index (χ0) is 12.5. The van der Waals surface area contributed by atoms with Gasteiger partial charge in [-0.2, -0.15) is 4.98 Å². The van der Waals surface area contributed by atoms with Crippen molar-refractivity contribution in [2.24, 2.45) is 0 Å². The van der Waals surface area contributed by atoms with Gasteiger partial charge < -0.3 is 15.0 Å². The first kappa shape index (κ1) is 11.3. The molecule has 1 aliphatic heterocycles. The van der Waals surface area contributed by atoms with Crippen LogP contribution in [0.15, 0.2) is 12.3 Å². The number of carbonyl (C=O) groups is 1. The Hall–Kier alpha value is -1.85. The molecule has 1 N–H and O–H groups in total. The number of anilines is 1. The fraction of sp³-hybridized carbons (Fsp3) is 0.583. The monoisotopic (exact) mass is 248 g/mol. The number of amides is 1. The molecule has 0 radical (unpaired) electrons. The summed E-state index contributed by atoms with van der Waals surface area (Å²) in [7, 11) is 1.57. The quantitative estimate of drug-likeness (QED) is 0.847. The maximum atomic E-state index is 11.8. The SMILES string of the molecule is COc1ccnc(NC2CC(=O)N(C3CC3)C2)n1. The number of hydrogen-bond acceptors (Lipinski definition) is 5. The highest BCUT2D eigenvalue weighted by molar-refractivity contribution is 5.80. The lowest BCUT2D eigenvalue weighted by atomic mass is 10.3. The largest absolute Gasteiger partial charge is 0.481 e. The van der Waals surface area contributed by atoms with Crippen molar-refractivity contribution in [2.45, 2.75) is 31.3 Å². The van der Waals surface area contributed by atoms with Crippen LogP contribution in [-0.2, 0) is 4.79 Å². The summed E-state index contributed by atoms with van der Waals surface area (Å²) in [4.78, 5) is 22.1. The number of hydrogen-bond donors (Lipinski definition) is 1. The standard InChI is InChI=1S/C12H16N4O2/c1-18-10-4-5-13-12(15-10)14-8-6-11(17)16(7-8)9-2-3-9/h4-5,8-9H,2-3,6-7H2,1H3,(H,13,14,15). The minimum absolute atomic E-state index is 0.102. The molecule has 1 atom stereocenters. The van der Waals surface area contributed by atoms with E-state index >= 15 is 0 Å². The maximum absolute atomic E-state index is 11.8. The van der Waals surface area contributed by atoms with Crippen LogP contribution in [-0.4, -0.2) is 46.5 Å². The van der Waals surface area contributed by atoms with Crippen molar-refractivity contribution in [1.29, 1.82) is 0 Å². The average molecular weight is 248 g/mol. The zero-order valence-electron chi connectivity index (χ0n) is 10.3. The second-order valence-electron chi connectivity index (χ2n) is 4.75. The molecule has 6 heteroatoms. The predicted molar refractivity (Wildman–Crippen MR) is 65.3 cm³/mol. The van der Waals surface area contributed by atoms with Crippen LogP contribution in [0.5, 0.6) is 5.88 Å². The van der Waals surface area contributed by atoms with Crippen LogP contribution in [0.3, 0.4) is 0 Å². The van der Waals surface area contributed by atoms with Crippen molar-refractivity contribution >= 4 is 11.9 Å². The Labute approximate surface area is 105 Å². The predicted octanol–water partition coefficient (Wildman–Crippen LogP) is 0.660. The van der Waals surface area contributed by atoms with Crippen molar-refractivity contribution in [3.05, 3.63) is 12.3 Å². The lowest BCUT2D eigenvalue weighted by molar-refractivity contribution is -0.128. The Bertz CT molecular complexity index is 461. The molecule has 1 saturated carbocycles. The van der Waals surface area contributed by atoms with Gasteiger partial charge in [0, 0.05) is 31.3 Å². The molecule has 6 nitrogen and oxygen atoms in total. The average Bonchev–Trinajstić information content (AvgIpc) is 3.15. The van der Waals surface area contributed by atoms with Crippen LogP contribution in [0.1, 0.15) is 19.3 Å². The highest BCUT2D eigenvalue weighted by atomic mass is 16.5.